The first-order valence-electron chi connectivity index (χ1n) is 5.58. The quantitative estimate of drug-likeness (QED) is 0.531. The van der Waals surface area contributed by atoms with Crippen LogP contribution in [0.5, 0.6) is 0 Å². The molecule has 0 aromatic heterocycles. The highest BCUT2D eigenvalue weighted by atomic mass is 16.6. The van der Waals surface area contributed by atoms with E-state index in [0.29, 0.717) is 6.61 Å². The van der Waals surface area contributed by atoms with Crippen LogP contribution in [0.15, 0.2) is 12.7 Å². The Morgan fingerprint density at radius 2 is 1.94 bits per heavy atom. The van der Waals surface area contributed by atoms with E-state index in [2.05, 4.69) is 6.58 Å². The Kier molecular flexibility index (Phi) is 7.01. The van der Waals surface area contributed by atoms with Gasteiger partial charge < -0.3 is 15.2 Å². The van der Waals surface area contributed by atoms with Gasteiger partial charge in [0.05, 0.1) is 12.7 Å². The third-order valence-electron chi connectivity index (χ3n) is 2.22. The van der Waals surface area contributed by atoms with Crippen molar-refractivity contribution in [3.05, 3.63) is 12.7 Å². The Labute approximate surface area is 97.8 Å². The molecule has 0 radical (unpaired) electrons. The maximum absolute atomic E-state index is 11.4. The molecule has 0 rings (SSSR count). The van der Waals surface area contributed by atoms with Gasteiger partial charge >= 0.3 is 5.97 Å². The molecule has 0 heterocycles. The van der Waals surface area contributed by atoms with Gasteiger partial charge in [-0.3, -0.25) is 4.79 Å². The van der Waals surface area contributed by atoms with Crippen molar-refractivity contribution >= 4 is 5.97 Å². The van der Waals surface area contributed by atoms with Gasteiger partial charge in [-0.15, -0.1) is 6.58 Å². The van der Waals surface area contributed by atoms with Crippen molar-refractivity contribution < 1.29 is 14.3 Å². The van der Waals surface area contributed by atoms with E-state index in [1.54, 1.807) is 13.0 Å². The molecule has 0 aliphatic carbocycles. The minimum absolute atomic E-state index is 0.166. The maximum atomic E-state index is 11.4. The predicted octanol–water partition coefficient (Wildman–Crippen LogP) is 1.49. The number of ether oxygens (including phenoxy) is 2. The first kappa shape index (κ1) is 15.1. The molecule has 0 spiro atoms. The molecule has 0 aliphatic rings. The van der Waals surface area contributed by atoms with E-state index in [9.17, 15) is 4.79 Å². The molecule has 4 nitrogen and oxygen atoms in total. The summed E-state index contributed by atoms with van der Waals surface area (Å²) in [6.45, 7) is 11.5. The fourth-order valence-corrected chi connectivity index (χ4v) is 1.33. The van der Waals surface area contributed by atoms with Crippen LogP contribution in [0.2, 0.25) is 0 Å². The van der Waals surface area contributed by atoms with Crippen LogP contribution in [0.3, 0.4) is 0 Å². The van der Waals surface area contributed by atoms with Gasteiger partial charge in [0.1, 0.15) is 12.1 Å². The van der Waals surface area contributed by atoms with Crippen molar-refractivity contribution in [3.63, 3.8) is 0 Å². The standard InChI is InChI=1S/C12H23NO3/c1-6-7-15-10(5)11(8(2)3)16-12(14)9(4)13/h6,8-11H,1,7,13H2,2-5H3/t9-,10-,11+/m0/s1. The van der Waals surface area contributed by atoms with Crippen molar-refractivity contribution in [2.75, 3.05) is 6.61 Å². The maximum Gasteiger partial charge on any atom is 0.322 e. The third-order valence-corrected chi connectivity index (χ3v) is 2.22. The average Bonchev–Trinajstić information content (AvgIpc) is 2.21. The van der Waals surface area contributed by atoms with Gasteiger partial charge in [0.25, 0.3) is 0 Å². The zero-order chi connectivity index (χ0) is 12.7. The smallest absolute Gasteiger partial charge is 0.322 e. The molecule has 0 bridgehead atoms. The Bertz CT molecular complexity index is 226. The van der Waals surface area contributed by atoms with Gasteiger partial charge in [0, 0.05) is 0 Å². The van der Waals surface area contributed by atoms with E-state index in [1.807, 2.05) is 20.8 Å². The summed E-state index contributed by atoms with van der Waals surface area (Å²) >= 11 is 0. The van der Waals surface area contributed by atoms with E-state index in [4.69, 9.17) is 15.2 Å². The Hall–Kier alpha value is -0.870. The van der Waals surface area contributed by atoms with Gasteiger partial charge in [-0.25, -0.2) is 0 Å². The Morgan fingerprint density at radius 1 is 1.38 bits per heavy atom. The van der Waals surface area contributed by atoms with E-state index in [0.717, 1.165) is 0 Å². The summed E-state index contributed by atoms with van der Waals surface area (Å²) in [6.07, 6.45) is 1.22. The lowest BCUT2D eigenvalue weighted by Gasteiger charge is -2.27. The summed E-state index contributed by atoms with van der Waals surface area (Å²) in [5, 5.41) is 0. The number of hydrogen-bond acceptors (Lipinski definition) is 4. The lowest BCUT2D eigenvalue weighted by atomic mass is 10.0. The van der Waals surface area contributed by atoms with Crippen LogP contribution < -0.4 is 5.73 Å². The second-order valence-electron chi connectivity index (χ2n) is 4.26. The molecule has 94 valence electrons. The second kappa shape index (κ2) is 7.41. The Morgan fingerprint density at radius 3 is 2.31 bits per heavy atom. The first-order chi connectivity index (χ1) is 7.40. The Balaban J connectivity index is 4.36. The normalized spacial score (nSPS) is 16.6. The topological polar surface area (TPSA) is 61.5 Å². The number of carbonyl (C=O) groups excluding carboxylic acids is 1. The van der Waals surface area contributed by atoms with Gasteiger partial charge in [0.15, 0.2) is 0 Å². The molecule has 16 heavy (non-hydrogen) atoms. The molecule has 0 aliphatic heterocycles. The van der Waals surface area contributed by atoms with Gasteiger partial charge in [-0.1, -0.05) is 19.9 Å². The fourth-order valence-electron chi connectivity index (χ4n) is 1.33. The summed E-state index contributed by atoms with van der Waals surface area (Å²) in [4.78, 5) is 11.4. The molecule has 0 saturated carbocycles. The molecule has 0 aromatic carbocycles. The van der Waals surface area contributed by atoms with E-state index < -0.39 is 12.0 Å². The molecule has 0 aromatic rings. The molecule has 0 saturated heterocycles. The van der Waals surface area contributed by atoms with Crippen LogP contribution in [0.4, 0.5) is 0 Å². The monoisotopic (exact) mass is 229 g/mol. The highest BCUT2D eigenvalue weighted by Gasteiger charge is 2.26. The molecule has 0 fully saturated rings. The minimum Gasteiger partial charge on any atom is -0.458 e. The first-order valence-corrected chi connectivity index (χ1v) is 5.58. The molecular weight excluding hydrogens is 206 g/mol. The number of esters is 1. The SMILES string of the molecule is C=CCO[C@@H](C)[C@H](OC(=O)[C@H](C)N)C(C)C. The largest absolute Gasteiger partial charge is 0.458 e. The van der Waals surface area contributed by atoms with Crippen molar-refractivity contribution in [2.45, 2.75) is 45.9 Å². The van der Waals surface area contributed by atoms with Crippen LogP contribution in [0.1, 0.15) is 27.7 Å². The summed E-state index contributed by atoms with van der Waals surface area (Å²) < 4.78 is 10.8. The second-order valence-corrected chi connectivity index (χ2v) is 4.26. The van der Waals surface area contributed by atoms with E-state index in [1.165, 1.54) is 0 Å². The summed E-state index contributed by atoms with van der Waals surface area (Å²) in [5.74, 6) is -0.213. The van der Waals surface area contributed by atoms with Crippen LogP contribution >= 0.6 is 0 Å². The van der Waals surface area contributed by atoms with Gasteiger partial charge in [-0.2, -0.15) is 0 Å². The summed E-state index contributed by atoms with van der Waals surface area (Å²) in [6, 6.07) is -0.604. The van der Waals surface area contributed by atoms with Crippen LogP contribution in [0, 0.1) is 5.92 Å². The van der Waals surface area contributed by atoms with Gasteiger partial charge in [0.2, 0.25) is 0 Å². The third kappa shape index (κ3) is 5.28. The molecule has 0 unspecified atom stereocenters. The highest BCUT2D eigenvalue weighted by molar-refractivity contribution is 5.75. The zero-order valence-electron chi connectivity index (χ0n) is 10.6. The minimum atomic E-state index is -0.604. The molecule has 2 N–H and O–H groups in total. The highest BCUT2D eigenvalue weighted by Crippen LogP contribution is 2.14. The number of carbonyl (C=O) groups is 1. The zero-order valence-corrected chi connectivity index (χ0v) is 10.6. The fraction of sp³-hybridized carbons (Fsp3) is 0.750. The lowest BCUT2D eigenvalue weighted by Crippen LogP contribution is -2.40. The van der Waals surface area contributed by atoms with Crippen LogP contribution in [0.25, 0.3) is 0 Å². The van der Waals surface area contributed by atoms with Crippen molar-refractivity contribution in [1.82, 2.24) is 0 Å². The summed E-state index contributed by atoms with van der Waals surface area (Å²) in [5.41, 5.74) is 5.45. The van der Waals surface area contributed by atoms with E-state index >= 15 is 0 Å². The molecular formula is C12H23NO3. The number of hydrogen-bond donors (Lipinski definition) is 1. The van der Waals surface area contributed by atoms with E-state index in [-0.39, 0.29) is 18.1 Å². The number of nitrogens with two attached hydrogens (primary N) is 1. The van der Waals surface area contributed by atoms with Crippen molar-refractivity contribution in [3.8, 4) is 0 Å². The predicted molar refractivity (Wildman–Crippen MR) is 64.0 cm³/mol. The van der Waals surface area contributed by atoms with Crippen molar-refractivity contribution in [1.29, 1.82) is 0 Å². The average molecular weight is 229 g/mol. The molecule has 3 atom stereocenters. The number of rotatable bonds is 7. The molecule has 4 heteroatoms. The van der Waals surface area contributed by atoms with Crippen LogP contribution in [-0.2, 0) is 14.3 Å². The van der Waals surface area contributed by atoms with Gasteiger partial charge in [-0.05, 0) is 19.8 Å². The summed E-state index contributed by atoms with van der Waals surface area (Å²) in [7, 11) is 0. The van der Waals surface area contributed by atoms with Crippen molar-refractivity contribution in [2.24, 2.45) is 11.7 Å². The van der Waals surface area contributed by atoms with Crippen LogP contribution in [-0.4, -0.2) is 30.8 Å². The molecule has 0 amide bonds. The lowest BCUT2D eigenvalue weighted by molar-refractivity contribution is -0.161.